The third-order valence-corrected chi connectivity index (χ3v) is 6.84. The Morgan fingerprint density at radius 2 is 2.03 bits per heavy atom. The Balaban J connectivity index is 1.32. The fraction of sp³-hybridized carbons (Fsp3) is 0.346. The van der Waals surface area contributed by atoms with Gasteiger partial charge in [-0.3, -0.25) is 24.2 Å². The average Bonchev–Trinajstić information content (AvgIpc) is 3.29. The molecule has 0 radical (unpaired) electrons. The number of benzene rings is 2. The van der Waals surface area contributed by atoms with Gasteiger partial charge < -0.3 is 35.4 Å². The van der Waals surface area contributed by atoms with Crippen LogP contribution >= 0.6 is 0 Å². The van der Waals surface area contributed by atoms with Gasteiger partial charge in [0, 0.05) is 35.6 Å². The fourth-order valence-corrected chi connectivity index (χ4v) is 4.81. The van der Waals surface area contributed by atoms with Gasteiger partial charge in [-0.05, 0) is 47.9 Å². The van der Waals surface area contributed by atoms with Crippen molar-refractivity contribution in [1.29, 1.82) is 0 Å². The van der Waals surface area contributed by atoms with E-state index in [0.29, 0.717) is 35.9 Å². The molecule has 12 nitrogen and oxygen atoms in total. The van der Waals surface area contributed by atoms with Crippen molar-refractivity contribution >= 4 is 46.6 Å². The van der Waals surface area contributed by atoms with E-state index in [2.05, 4.69) is 10.3 Å². The van der Waals surface area contributed by atoms with Gasteiger partial charge in [-0.1, -0.05) is 6.07 Å². The van der Waals surface area contributed by atoms with Crippen LogP contribution in [0.4, 0.5) is 17.1 Å². The highest BCUT2D eigenvalue weighted by atomic mass is 16.5. The summed E-state index contributed by atoms with van der Waals surface area (Å²) in [5, 5.41) is 13.4. The van der Waals surface area contributed by atoms with Crippen LogP contribution in [0.1, 0.15) is 23.1 Å². The van der Waals surface area contributed by atoms with E-state index in [1.807, 2.05) is 0 Å². The van der Waals surface area contributed by atoms with Crippen LogP contribution in [-0.2, 0) is 41.6 Å². The largest absolute Gasteiger partial charge is 0.468 e. The number of rotatable bonds is 6. The zero-order chi connectivity index (χ0) is 27.0. The number of nitrogens with two attached hydrogens (primary N) is 1. The first kappa shape index (κ1) is 25.4. The van der Waals surface area contributed by atoms with Crippen molar-refractivity contribution in [3.05, 3.63) is 53.1 Å². The molecule has 0 bridgehead atoms. The Bertz CT molecular complexity index is 1360. The number of hydrogen-bond acceptors (Lipinski definition) is 9. The molecule has 3 aliphatic heterocycles. The van der Waals surface area contributed by atoms with Gasteiger partial charge in [0.15, 0.2) is 12.2 Å². The lowest BCUT2D eigenvalue weighted by Crippen LogP contribution is -2.55. The van der Waals surface area contributed by atoms with Crippen molar-refractivity contribution in [2.75, 3.05) is 41.9 Å². The lowest BCUT2D eigenvalue weighted by Gasteiger charge is -2.35. The number of ether oxygens (including phenoxy) is 2. The summed E-state index contributed by atoms with van der Waals surface area (Å²) >= 11 is 0. The van der Waals surface area contributed by atoms with Crippen LogP contribution in [0.15, 0.2) is 41.4 Å². The van der Waals surface area contributed by atoms with Gasteiger partial charge in [0.25, 0.3) is 11.8 Å². The number of methoxy groups -OCH3 is 1. The zero-order valence-electron chi connectivity index (χ0n) is 20.7. The van der Waals surface area contributed by atoms with E-state index in [1.165, 1.54) is 16.9 Å². The molecule has 0 aromatic heterocycles. The summed E-state index contributed by atoms with van der Waals surface area (Å²) in [7, 11) is 1.25. The van der Waals surface area contributed by atoms with E-state index >= 15 is 0 Å². The lowest BCUT2D eigenvalue weighted by atomic mass is 9.99. The van der Waals surface area contributed by atoms with Crippen LogP contribution in [0.5, 0.6) is 0 Å². The van der Waals surface area contributed by atoms with Crippen LogP contribution in [0.25, 0.3) is 0 Å². The van der Waals surface area contributed by atoms with E-state index in [0.717, 1.165) is 16.7 Å². The summed E-state index contributed by atoms with van der Waals surface area (Å²) in [4.78, 5) is 57.4. The van der Waals surface area contributed by atoms with Crippen LogP contribution in [-0.4, -0.2) is 73.6 Å². The molecule has 3 amide bonds. The first-order chi connectivity index (χ1) is 18.3. The van der Waals surface area contributed by atoms with Gasteiger partial charge in [0.1, 0.15) is 12.4 Å². The number of aliphatic imine (C=N–C) groups is 1. The molecule has 2 aromatic rings. The first-order valence-corrected chi connectivity index (χ1v) is 12.1. The predicted molar refractivity (Wildman–Crippen MR) is 137 cm³/mol. The number of carbonyl (C=O) groups is 4. The number of amidine groups is 1. The minimum atomic E-state index is -1.77. The number of nitrogens with zero attached hydrogens (tertiary/aromatic N) is 3. The van der Waals surface area contributed by atoms with Crippen molar-refractivity contribution in [3.63, 3.8) is 0 Å². The monoisotopic (exact) mass is 521 g/mol. The number of anilines is 3. The number of aliphatic hydroxyl groups is 1. The summed E-state index contributed by atoms with van der Waals surface area (Å²) in [5.41, 5.74) is 9.72. The SMILES string of the molecule is COC(=O)CN1C(=O)CCc2ccc(N3CCO[C@H]([C@@H](O)C(=O)Nc4ccc5c(c4)CN=C5N)C3=O)cc21. The van der Waals surface area contributed by atoms with Gasteiger partial charge in [0.2, 0.25) is 5.91 Å². The molecule has 0 spiro atoms. The van der Waals surface area contributed by atoms with Gasteiger partial charge in [0.05, 0.1) is 20.3 Å². The molecule has 3 aliphatic rings. The van der Waals surface area contributed by atoms with Crippen molar-refractivity contribution < 1.29 is 33.8 Å². The second-order valence-corrected chi connectivity index (χ2v) is 9.16. The molecule has 1 fully saturated rings. The Kier molecular flexibility index (Phi) is 6.83. The first-order valence-electron chi connectivity index (χ1n) is 12.1. The number of aliphatic hydroxyl groups excluding tert-OH is 1. The quantitative estimate of drug-likeness (QED) is 0.450. The highest BCUT2D eigenvalue weighted by Crippen LogP contribution is 2.33. The lowest BCUT2D eigenvalue weighted by molar-refractivity contribution is -0.150. The molecule has 2 aromatic carbocycles. The minimum Gasteiger partial charge on any atom is -0.468 e. The Labute approximate surface area is 218 Å². The summed E-state index contributed by atoms with van der Waals surface area (Å²) in [6.45, 7) is 0.416. The second kappa shape index (κ2) is 10.2. The molecule has 4 N–H and O–H groups in total. The van der Waals surface area contributed by atoms with Crippen molar-refractivity contribution in [2.24, 2.45) is 10.7 Å². The van der Waals surface area contributed by atoms with E-state index in [-0.39, 0.29) is 32.0 Å². The van der Waals surface area contributed by atoms with E-state index in [4.69, 9.17) is 15.2 Å². The van der Waals surface area contributed by atoms with Gasteiger partial charge in [-0.25, -0.2) is 0 Å². The second-order valence-electron chi connectivity index (χ2n) is 9.16. The summed E-state index contributed by atoms with van der Waals surface area (Å²) in [6.07, 6.45) is -2.43. The minimum absolute atomic E-state index is 0.0814. The normalized spacial score (nSPS) is 19.4. The van der Waals surface area contributed by atoms with E-state index in [1.54, 1.807) is 36.4 Å². The number of morpholine rings is 1. The molecule has 0 unspecified atom stereocenters. The maximum Gasteiger partial charge on any atom is 0.325 e. The van der Waals surface area contributed by atoms with E-state index in [9.17, 15) is 24.3 Å². The van der Waals surface area contributed by atoms with Crippen molar-refractivity contribution in [3.8, 4) is 0 Å². The molecule has 2 atom stereocenters. The summed E-state index contributed by atoms with van der Waals surface area (Å²) < 4.78 is 10.2. The highest BCUT2D eigenvalue weighted by molar-refractivity contribution is 6.06. The van der Waals surface area contributed by atoms with Crippen LogP contribution < -0.4 is 20.9 Å². The molecule has 5 rings (SSSR count). The Hall–Kier alpha value is -4.29. The van der Waals surface area contributed by atoms with Crippen molar-refractivity contribution in [1.82, 2.24) is 0 Å². The molecular formula is C26H27N5O7. The Morgan fingerprint density at radius 1 is 1.21 bits per heavy atom. The third-order valence-electron chi connectivity index (χ3n) is 6.84. The van der Waals surface area contributed by atoms with Gasteiger partial charge in [-0.2, -0.15) is 0 Å². The molecule has 0 aliphatic carbocycles. The molecule has 3 heterocycles. The molecule has 0 saturated carbocycles. The molecule has 12 heteroatoms. The maximum absolute atomic E-state index is 13.3. The number of esters is 1. The summed E-state index contributed by atoms with van der Waals surface area (Å²) in [6, 6.07) is 10.3. The molecule has 198 valence electrons. The number of nitrogens with one attached hydrogen (secondary N) is 1. The standard InChI is InChI=1S/C26H27N5O7/c1-37-21(33)13-31-19-11-17(5-2-14(19)3-7-20(31)32)30-8-9-38-23(26(30)36)22(34)25(35)29-16-4-6-18-15(10-16)12-28-24(18)27/h2,4-6,10-11,22-23,34H,3,7-9,12-13H2,1H3,(H2,27,28)(H,29,35)/t22-,23-/m1/s1. The number of aryl methyl sites for hydroxylation is 1. The highest BCUT2D eigenvalue weighted by Gasteiger charge is 2.40. The van der Waals surface area contributed by atoms with Gasteiger partial charge >= 0.3 is 5.97 Å². The molecule has 1 saturated heterocycles. The maximum atomic E-state index is 13.3. The topological polar surface area (TPSA) is 164 Å². The molecular weight excluding hydrogens is 494 g/mol. The van der Waals surface area contributed by atoms with Crippen LogP contribution in [0, 0.1) is 0 Å². The third kappa shape index (κ3) is 4.71. The smallest absolute Gasteiger partial charge is 0.325 e. The van der Waals surface area contributed by atoms with Crippen LogP contribution in [0.3, 0.4) is 0 Å². The number of carbonyl (C=O) groups excluding carboxylic acids is 4. The average molecular weight is 522 g/mol. The number of amides is 3. The predicted octanol–water partition coefficient (Wildman–Crippen LogP) is 0.0891. The number of hydrogen-bond donors (Lipinski definition) is 3. The zero-order valence-corrected chi connectivity index (χ0v) is 20.7. The van der Waals surface area contributed by atoms with Crippen LogP contribution in [0.2, 0.25) is 0 Å². The number of fused-ring (bicyclic) bond motifs is 2. The summed E-state index contributed by atoms with van der Waals surface area (Å²) in [5.74, 6) is -1.75. The van der Waals surface area contributed by atoms with Crippen molar-refractivity contribution in [2.45, 2.75) is 31.6 Å². The van der Waals surface area contributed by atoms with E-state index < -0.39 is 30.0 Å². The molecule has 38 heavy (non-hydrogen) atoms. The Morgan fingerprint density at radius 3 is 2.82 bits per heavy atom. The fourth-order valence-electron chi connectivity index (χ4n) is 4.81. The van der Waals surface area contributed by atoms with Gasteiger partial charge in [-0.15, -0.1) is 0 Å².